The maximum absolute atomic E-state index is 12.5. The van der Waals surface area contributed by atoms with Crippen LogP contribution in [0.4, 0.5) is 0 Å². The van der Waals surface area contributed by atoms with E-state index in [2.05, 4.69) is 0 Å². The van der Waals surface area contributed by atoms with Gasteiger partial charge in [-0.1, -0.05) is 43.7 Å². The van der Waals surface area contributed by atoms with Crippen LogP contribution < -0.4 is 0 Å². The van der Waals surface area contributed by atoms with Gasteiger partial charge in [0.1, 0.15) is 0 Å². The summed E-state index contributed by atoms with van der Waals surface area (Å²) >= 11 is 0. The van der Waals surface area contributed by atoms with Gasteiger partial charge in [0.2, 0.25) is 5.91 Å². The first-order chi connectivity index (χ1) is 9.00. The van der Waals surface area contributed by atoms with Crippen LogP contribution in [0.2, 0.25) is 0 Å². The number of benzene rings is 1. The van der Waals surface area contributed by atoms with Gasteiger partial charge in [0.05, 0.1) is 6.04 Å². The number of rotatable bonds is 3. The highest BCUT2D eigenvalue weighted by Gasteiger charge is 2.35. The molecule has 3 nitrogen and oxygen atoms in total. The number of carbonyl (C=O) groups excluding carboxylic acids is 2. The highest BCUT2D eigenvalue weighted by Crippen LogP contribution is 2.23. The first-order valence-electron chi connectivity index (χ1n) is 6.92. The van der Waals surface area contributed by atoms with Crippen molar-refractivity contribution >= 4 is 11.7 Å². The summed E-state index contributed by atoms with van der Waals surface area (Å²) in [5.41, 5.74) is 1.84. The third kappa shape index (κ3) is 2.86. The molecule has 0 spiro atoms. The Kier molecular flexibility index (Phi) is 4.03. The number of carbonyl (C=O) groups is 2. The van der Waals surface area contributed by atoms with Gasteiger partial charge in [-0.05, 0) is 19.8 Å². The van der Waals surface area contributed by atoms with Crippen molar-refractivity contribution in [2.45, 2.75) is 39.7 Å². The van der Waals surface area contributed by atoms with E-state index < -0.39 is 0 Å². The molecule has 1 saturated heterocycles. The fraction of sp³-hybridized carbons (Fsp3) is 0.500. The number of hydrogen-bond acceptors (Lipinski definition) is 2. The molecule has 1 heterocycles. The number of amides is 1. The zero-order valence-corrected chi connectivity index (χ0v) is 11.8. The van der Waals surface area contributed by atoms with Crippen LogP contribution in [-0.2, 0) is 4.79 Å². The topological polar surface area (TPSA) is 37.4 Å². The van der Waals surface area contributed by atoms with E-state index >= 15 is 0 Å². The number of hydrogen-bond donors (Lipinski definition) is 0. The molecule has 0 radical (unpaired) electrons. The average Bonchev–Trinajstić information content (AvgIpc) is 2.86. The Morgan fingerprint density at radius 1 is 1.21 bits per heavy atom. The summed E-state index contributed by atoms with van der Waals surface area (Å²) in [4.78, 5) is 26.4. The molecule has 1 aliphatic heterocycles. The van der Waals surface area contributed by atoms with Crippen molar-refractivity contribution < 1.29 is 9.59 Å². The lowest BCUT2D eigenvalue weighted by Gasteiger charge is -2.25. The Morgan fingerprint density at radius 3 is 2.42 bits per heavy atom. The summed E-state index contributed by atoms with van der Waals surface area (Å²) in [5, 5.41) is 0. The number of Topliss-reactive ketones (excluding diaryl/α,β-unsaturated/α-hetero) is 1. The molecule has 0 aliphatic carbocycles. The molecule has 0 aromatic heterocycles. The summed E-state index contributed by atoms with van der Waals surface area (Å²) in [6.07, 6.45) is 1.70. The quantitative estimate of drug-likeness (QED) is 0.783. The molecule has 2 rings (SSSR count). The molecule has 102 valence electrons. The van der Waals surface area contributed by atoms with Gasteiger partial charge >= 0.3 is 0 Å². The minimum atomic E-state index is -0.266. The van der Waals surface area contributed by atoms with Gasteiger partial charge in [0.15, 0.2) is 5.78 Å². The van der Waals surface area contributed by atoms with Crippen molar-refractivity contribution in [2.75, 3.05) is 6.54 Å². The van der Waals surface area contributed by atoms with Crippen LogP contribution in [0, 0.1) is 12.8 Å². The minimum Gasteiger partial charge on any atom is -0.332 e. The van der Waals surface area contributed by atoms with Crippen LogP contribution in [0.1, 0.15) is 42.6 Å². The molecule has 1 fully saturated rings. The molecule has 3 heteroatoms. The lowest BCUT2D eigenvalue weighted by atomic mass is 10.0. The van der Waals surface area contributed by atoms with E-state index in [1.807, 2.05) is 45.0 Å². The zero-order chi connectivity index (χ0) is 14.0. The number of nitrogens with zero attached hydrogens (tertiary/aromatic N) is 1. The second-order valence-electron chi connectivity index (χ2n) is 5.57. The Balaban J connectivity index is 2.18. The fourth-order valence-electron chi connectivity index (χ4n) is 2.54. The van der Waals surface area contributed by atoms with Crippen LogP contribution in [0.15, 0.2) is 24.3 Å². The van der Waals surface area contributed by atoms with Crippen molar-refractivity contribution in [2.24, 2.45) is 5.92 Å². The molecular weight excluding hydrogens is 238 g/mol. The summed E-state index contributed by atoms with van der Waals surface area (Å²) in [6.45, 7) is 6.47. The Hall–Kier alpha value is -1.64. The van der Waals surface area contributed by atoms with Crippen molar-refractivity contribution in [3.05, 3.63) is 35.4 Å². The van der Waals surface area contributed by atoms with Gasteiger partial charge in [-0.3, -0.25) is 9.59 Å². The lowest BCUT2D eigenvalue weighted by molar-refractivity contribution is -0.134. The van der Waals surface area contributed by atoms with E-state index in [-0.39, 0.29) is 23.7 Å². The van der Waals surface area contributed by atoms with Gasteiger partial charge in [-0.2, -0.15) is 0 Å². The second kappa shape index (κ2) is 5.55. The predicted octanol–water partition coefficient (Wildman–Crippen LogP) is 2.82. The van der Waals surface area contributed by atoms with E-state index in [0.29, 0.717) is 12.1 Å². The molecule has 0 N–H and O–H groups in total. The minimum absolute atomic E-state index is 0.0496. The van der Waals surface area contributed by atoms with Crippen LogP contribution in [0.5, 0.6) is 0 Å². The molecule has 1 aromatic carbocycles. The van der Waals surface area contributed by atoms with Crippen molar-refractivity contribution in [1.82, 2.24) is 4.90 Å². The first kappa shape index (κ1) is 13.8. The normalized spacial score (nSPS) is 18.9. The summed E-state index contributed by atoms with van der Waals surface area (Å²) in [6, 6.07) is 7.33. The standard InChI is InChI=1S/C16H21NO2/c1-11(2)16(19)17-10-4-5-14(17)15(18)13-8-6-12(3)7-9-13/h6-9,11,14H,4-5,10H2,1-3H3. The molecule has 0 bridgehead atoms. The van der Waals surface area contributed by atoms with E-state index in [9.17, 15) is 9.59 Å². The number of aryl methyl sites for hydroxylation is 1. The molecule has 1 atom stereocenters. The van der Waals surface area contributed by atoms with Crippen molar-refractivity contribution in [1.29, 1.82) is 0 Å². The van der Waals surface area contributed by atoms with Crippen molar-refractivity contribution in [3.63, 3.8) is 0 Å². The molecular formula is C16H21NO2. The molecule has 19 heavy (non-hydrogen) atoms. The number of ketones is 1. The predicted molar refractivity (Wildman–Crippen MR) is 75.1 cm³/mol. The van der Waals surface area contributed by atoms with Crippen LogP contribution in [0.25, 0.3) is 0 Å². The first-order valence-corrected chi connectivity index (χ1v) is 6.92. The highest BCUT2D eigenvalue weighted by molar-refractivity contribution is 6.02. The van der Waals surface area contributed by atoms with E-state index in [1.54, 1.807) is 4.90 Å². The van der Waals surface area contributed by atoms with Crippen LogP contribution in [-0.4, -0.2) is 29.2 Å². The van der Waals surface area contributed by atoms with E-state index in [4.69, 9.17) is 0 Å². The smallest absolute Gasteiger partial charge is 0.225 e. The Labute approximate surface area is 114 Å². The van der Waals surface area contributed by atoms with E-state index in [1.165, 1.54) is 0 Å². The van der Waals surface area contributed by atoms with Crippen LogP contribution >= 0.6 is 0 Å². The fourth-order valence-corrected chi connectivity index (χ4v) is 2.54. The zero-order valence-electron chi connectivity index (χ0n) is 11.8. The van der Waals surface area contributed by atoms with Crippen molar-refractivity contribution in [3.8, 4) is 0 Å². The monoisotopic (exact) mass is 259 g/mol. The molecule has 1 amide bonds. The van der Waals surface area contributed by atoms with Gasteiger partial charge in [-0.15, -0.1) is 0 Å². The SMILES string of the molecule is Cc1ccc(C(=O)C2CCCN2C(=O)C(C)C)cc1. The maximum atomic E-state index is 12.5. The average molecular weight is 259 g/mol. The largest absolute Gasteiger partial charge is 0.332 e. The Morgan fingerprint density at radius 2 is 1.84 bits per heavy atom. The summed E-state index contributed by atoms with van der Waals surface area (Å²) in [7, 11) is 0. The summed E-state index contributed by atoms with van der Waals surface area (Å²) in [5.74, 6) is 0.112. The molecule has 1 aromatic rings. The Bertz CT molecular complexity index is 476. The van der Waals surface area contributed by atoms with Gasteiger partial charge in [-0.25, -0.2) is 0 Å². The van der Waals surface area contributed by atoms with Gasteiger partial charge in [0, 0.05) is 18.0 Å². The third-order valence-corrected chi connectivity index (χ3v) is 3.67. The molecule has 1 unspecified atom stereocenters. The van der Waals surface area contributed by atoms with Gasteiger partial charge < -0.3 is 4.90 Å². The molecule has 1 aliphatic rings. The summed E-state index contributed by atoms with van der Waals surface area (Å²) < 4.78 is 0. The number of likely N-dealkylation sites (tertiary alicyclic amines) is 1. The maximum Gasteiger partial charge on any atom is 0.225 e. The highest BCUT2D eigenvalue weighted by atomic mass is 16.2. The van der Waals surface area contributed by atoms with Gasteiger partial charge in [0.25, 0.3) is 0 Å². The third-order valence-electron chi connectivity index (χ3n) is 3.67. The second-order valence-corrected chi connectivity index (χ2v) is 5.57. The molecule has 0 saturated carbocycles. The van der Waals surface area contributed by atoms with E-state index in [0.717, 1.165) is 18.4 Å². The van der Waals surface area contributed by atoms with Crippen LogP contribution in [0.3, 0.4) is 0 Å². The lowest BCUT2D eigenvalue weighted by Crippen LogP contribution is -2.42.